The lowest BCUT2D eigenvalue weighted by Gasteiger charge is -2.21. The van der Waals surface area contributed by atoms with Gasteiger partial charge in [0.25, 0.3) is 0 Å². The third-order valence-electron chi connectivity index (χ3n) is 3.80. The van der Waals surface area contributed by atoms with E-state index in [1.54, 1.807) is 4.68 Å². The molecule has 1 fully saturated rings. The molecule has 0 radical (unpaired) electrons. The number of hydrogen-bond acceptors (Lipinski definition) is 3. The van der Waals surface area contributed by atoms with E-state index in [0.717, 1.165) is 31.6 Å². The second kappa shape index (κ2) is 10.0. The van der Waals surface area contributed by atoms with Gasteiger partial charge < -0.3 is 10.2 Å². The van der Waals surface area contributed by atoms with Gasteiger partial charge in [-0.05, 0) is 38.8 Å². The van der Waals surface area contributed by atoms with E-state index < -0.39 is 0 Å². The molecule has 7 heteroatoms. The first kappa shape index (κ1) is 20.2. The zero-order valence-corrected chi connectivity index (χ0v) is 14.4. The van der Waals surface area contributed by atoms with Crippen LogP contribution in [0, 0.1) is 5.92 Å². The number of aryl methyl sites for hydroxylation is 1. The predicted molar refractivity (Wildman–Crippen MR) is 89.0 cm³/mol. The van der Waals surface area contributed by atoms with Gasteiger partial charge in [-0.25, -0.2) is 0 Å². The Hall–Kier alpha value is -0.780. The number of aromatic nitrogens is 2. The minimum absolute atomic E-state index is 0. The highest BCUT2D eigenvalue weighted by atomic mass is 35.5. The molecule has 0 aromatic carbocycles. The number of amides is 1. The minimum atomic E-state index is 0. The molecule has 0 bridgehead atoms. The van der Waals surface area contributed by atoms with Crippen LogP contribution in [0.3, 0.4) is 0 Å². The number of hydrogen-bond donors (Lipinski definition) is 1. The SMILES string of the molecule is CCN(Cc1cnn(C)c1)C(=O)CCC1CCNC1.Cl.Cl. The lowest BCUT2D eigenvalue weighted by atomic mass is 10.0. The molecular formula is C14H26Cl2N4O. The zero-order chi connectivity index (χ0) is 13.7. The maximum absolute atomic E-state index is 12.2. The zero-order valence-electron chi connectivity index (χ0n) is 12.7. The Morgan fingerprint density at radius 3 is 2.81 bits per heavy atom. The van der Waals surface area contributed by atoms with E-state index >= 15 is 0 Å². The standard InChI is InChI=1S/C14H24N4O.2ClH/c1-3-18(11-13-9-16-17(2)10-13)14(19)5-4-12-6-7-15-8-12;;/h9-10,12,15H,3-8,11H2,1-2H3;2*1H. The molecule has 5 nitrogen and oxygen atoms in total. The van der Waals surface area contributed by atoms with Crippen LogP contribution < -0.4 is 5.32 Å². The number of carbonyl (C=O) groups excluding carboxylic acids is 1. The van der Waals surface area contributed by atoms with Gasteiger partial charge in [0, 0.05) is 38.3 Å². The average Bonchev–Trinajstić information content (AvgIpc) is 3.04. The van der Waals surface area contributed by atoms with E-state index in [0.29, 0.717) is 18.9 Å². The second-order valence-electron chi connectivity index (χ2n) is 5.33. The van der Waals surface area contributed by atoms with E-state index in [1.807, 2.05) is 31.3 Å². The van der Waals surface area contributed by atoms with Crippen molar-refractivity contribution >= 4 is 30.7 Å². The van der Waals surface area contributed by atoms with Crippen LogP contribution in [-0.4, -0.2) is 40.2 Å². The Kier molecular flexibility index (Phi) is 9.66. The Morgan fingerprint density at radius 1 is 1.52 bits per heavy atom. The molecule has 1 amide bonds. The summed E-state index contributed by atoms with van der Waals surface area (Å²) >= 11 is 0. The average molecular weight is 337 g/mol. The van der Waals surface area contributed by atoms with Crippen LogP contribution >= 0.6 is 24.8 Å². The molecule has 1 saturated heterocycles. The first-order chi connectivity index (χ1) is 9.19. The highest BCUT2D eigenvalue weighted by Gasteiger charge is 2.18. The van der Waals surface area contributed by atoms with Gasteiger partial charge in [-0.3, -0.25) is 9.48 Å². The first-order valence-corrected chi connectivity index (χ1v) is 7.15. The second-order valence-corrected chi connectivity index (χ2v) is 5.33. The van der Waals surface area contributed by atoms with E-state index in [4.69, 9.17) is 0 Å². The molecule has 21 heavy (non-hydrogen) atoms. The van der Waals surface area contributed by atoms with Crippen molar-refractivity contribution in [1.29, 1.82) is 0 Å². The van der Waals surface area contributed by atoms with Gasteiger partial charge in [0.15, 0.2) is 0 Å². The summed E-state index contributed by atoms with van der Waals surface area (Å²) in [5, 5.41) is 7.49. The number of nitrogens with zero attached hydrogens (tertiary/aromatic N) is 3. The van der Waals surface area contributed by atoms with Crippen molar-refractivity contribution < 1.29 is 4.79 Å². The summed E-state index contributed by atoms with van der Waals surface area (Å²) in [5.74, 6) is 0.944. The van der Waals surface area contributed by atoms with Crippen molar-refractivity contribution in [3.05, 3.63) is 18.0 Å². The summed E-state index contributed by atoms with van der Waals surface area (Å²) in [4.78, 5) is 14.1. The molecule has 0 spiro atoms. The Bertz CT molecular complexity index is 419. The fourth-order valence-corrected chi connectivity index (χ4v) is 2.60. The van der Waals surface area contributed by atoms with E-state index in [1.165, 1.54) is 6.42 Å². The number of nitrogens with one attached hydrogen (secondary N) is 1. The van der Waals surface area contributed by atoms with E-state index in [2.05, 4.69) is 10.4 Å². The molecule has 1 aliphatic rings. The van der Waals surface area contributed by atoms with Crippen LogP contribution in [0.15, 0.2) is 12.4 Å². The molecule has 1 atom stereocenters. The van der Waals surface area contributed by atoms with Gasteiger partial charge in [0.05, 0.1) is 6.20 Å². The molecule has 122 valence electrons. The molecule has 1 aromatic rings. The molecule has 2 rings (SSSR count). The van der Waals surface area contributed by atoms with Gasteiger partial charge in [-0.1, -0.05) is 0 Å². The predicted octanol–water partition coefficient (Wildman–Crippen LogP) is 2.00. The lowest BCUT2D eigenvalue weighted by molar-refractivity contribution is -0.131. The van der Waals surface area contributed by atoms with Crippen LogP contribution in [0.5, 0.6) is 0 Å². The first-order valence-electron chi connectivity index (χ1n) is 7.15. The fourth-order valence-electron chi connectivity index (χ4n) is 2.60. The smallest absolute Gasteiger partial charge is 0.222 e. The Balaban J connectivity index is 0.00000200. The quantitative estimate of drug-likeness (QED) is 0.864. The van der Waals surface area contributed by atoms with Crippen molar-refractivity contribution in [2.45, 2.75) is 32.7 Å². The largest absolute Gasteiger partial charge is 0.339 e. The van der Waals surface area contributed by atoms with Gasteiger partial charge in [0.2, 0.25) is 5.91 Å². The third-order valence-corrected chi connectivity index (χ3v) is 3.80. The van der Waals surface area contributed by atoms with Gasteiger partial charge in [-0.15, -0.1) is 24.8 Å². The van der Waals surface area contributed by atoms with Crippen LogP contribution in [-0.2, 0) is 18.4 Å². The van der Waals surface area contributed by atoms with Crippen molar-refractivity contribution in [2.24, 2.45) is 13.0 Å². The fraction of sp³-hybridized carbons (Fsp3) is 0.714. The molecule has 0 aliphatic carbocycles. The van der Waals surface area contributed by atoms with Crippen molar-refractivity contribution in [2.75, 3.05) is 19.6 Å². The maximum atomic E-state index is 12.2. The number of carbonyl (C=O) groups is 1. The third kappa shape index (κ3) is 6.24. The molecular weight excluding hydrogens is 311 g/mol. The van der Waals surface area contributed by atoms with Gasteiger partial charge in [0.1, 0.15) is 0 Å². The molecule has 0 saturated carbocycles. The van der Waals surface area contributed by atoms with E-state index in [9.17, 15) is 4.79 Å². The van der Waals surface area contributed by atoms with Gasteiger partial charge in [-0.2, -0.15) is 5.10 Å². The Morgan fingerprint density at radius 2 is 2.29 bits per heavy atom. The lowest BCUT2D eigenvalue weighted by Crippen LogP contribution is -2.30. The topological polar surface area (TPSA) is 50.2 Å². The van der Waals surface area contributed by atoms with E-state index in [-0.39, 0.29) is 30.7 Å². The van der Waals surface area contributed by atoms with Crippen LogP contribution in [0.25, 0.3) is 0 Å². The van der Waals surface area contributed by atoms with Crippen LogP contribution in [0.1, 0.15) is 31.7 Å². The van der Waals surface area contributed by atoms with Crippen LogP contribution in [0.4, 0.5) is 0 Å². The molecule has 1 aromatic heterocycles. The molecule has 1 unspecified atom stereocenters. The maximum Gasteiger partial charge on any atom is 0.222 e. The monoisotopic (exact) mass is 336 g/mol. The minimum Gasteiger partial charge on any atom is -0.339 e. The normalized spacial score (nSPS) is 17.0. The molecule has 1 aliphatic heterocycles. The highest BCUT2D eigenvalue weighted by Crippen LogP contribution is 2.16. The van der Waals surface area contributed by atoms with Crippen molar-refractivity contribution in [3.8, 4) is 0 Å². The summed E-state index contributed by atoms with van der Waals surface area (Å²) in [6, 6.07) is 0. The summed E-state index contributed by atoms with van der Waals surface area (Å²) in [6.07, 6.45) is 6.69. The van der Waals surface area contributed by atoms with Crippen molar-refractivity contribution in [1.82, 2.24) is 20.0 Å². The number of rotatable bonds is 6. The Labute approximate surface area is 139 Å². The molecule has 1 N–H and O–H groups in total. The summed E-state index contributed by atoms with van der Waals surface area (Å²) in [6.45, 7) is 5.64. The summed E-state index contributed by atoms with van der Waals surface area (Å²) < 4.78 is 1.78. The number of halogens is 2. The molecule has 2 heterocycles. The van der Waals surface area contributed by atoms with Crippen molar-refractivity contribution in [3.63, 3.8) is 0 Å². The highest BCUT2D eigenvalue weighted by molar-refractivity contribution is 5.85. The van der Waals surface area contributed by atoms with Gasteiger partial charge >= 0.3 is 0 Å². The van der Waals surface area contributed by atoms with Crippen LogP contribution in [0.2, 0.25) is 0 Å². The summed E-state index contributed by atoms with van der Waals surface area (Å²) in [5.41, 5.74) is 1.10. The summed E-state index contributed by atoms with van der Waals surface area (Å²) in [7, 11) is 1.90.